The van der Waals surface area contributed by atoms with Crippen molar-refractivity contribution < 1.29 is 27.4 Å². The number of hydrogen-bond acceptors (Lipinski definition) is 5. The molecule has 0 radical (unpaired) electrons. The summed E-state index contributed by atoms with van der Waals surface area (Å²) in [5.41, 5.74) is -1.18. The van der Waals surface area contributed by atoms with Crippen LogP contribution in [0.3, 0.4) is 0 Å². The van der Waals surface area contributed by atoms with E-state index in [0.717, 1.165) is 32.1 Å². The molecule has 0 aliphatic rings. The number of carbonyl (C=O) groups excluding carboxylic acids is 1. The molecule has 0 amide bonds. The van der Waals surface area contributed by atoms with E-state index in [1.54, 1.807) is 18.2 Å². The number of hydrogen-bond donors (Lipinski definition) is 0. The van der Waals surface area contributed by atoms with Crippen molar-refractivity contribution in [3.63, 3.8) is 0 Å². The molecule has 1 aromatic carbocycles. The molecule has 8 heteroatoms. The van der Waals surface area contributed by atoms with Crippen molar-refractivity contribution in [2.24, 2.45) is 5.92 Å². The largest absolute Gasteiger partial charge is 0.494 e. The fourth-order valence-electron chi connectivity index (χ4n) is 2.98. The van der Waals surface area contributed by atoms with Crippen LogP contribution in [0.5, 0.6) is 5.75 Å². The maximum atomic E-state index is 13.2. The third-order valence-electron chi connectivity index (χ3n) is 4.99. The minimum Gasteiger partial charge on any atom is -0.494 e. The van der Waals surface area contributed by atoms with Gasteiger partial charge in [-0.3, -0.25) is 9.59 Å². The summed E-state index contributed by atoms with van der Waals surface area (Å²) in [6.45, 7) is 5.96. The van der Waals surface area contributed by atoms with Gasteiger partial charge in [0.05, 0.1) is 19.1 Å². The molecule has 0 bridgehead atoms. The first-order chi connectivity index (χ1) is 14.1. The van der Waals surface area contributed by atoms with Crippen molar-refractivity contribution in [1.82, 2.24) is 0 Å². The van der Waals surface area contributed by atoms with Gasteiger partial charge in [0.25, 0.3) is 0 Å². The summed E-state index contributed by atoms with van der Waals surface area (Å²) in [5.74, 6) is 0.246. The molecule has 2 rings (SSSR count). The number of esters is 1. The summed E-state index contributed by atoms with van der Waals surface area (Å²) in [5, 5.41) is 0.382. The second-order valence-corrected chi connectivity index (χ2v) is 8.30. The topological polar surface area (TPSA) is 52.6 Å². The van der Waals surface area contributed by atoms with E-state index in [1.165, 1.54) is 6.92 Å². The van der Waals surface area contributed by atoms with Crippen molar-refractivity contribution in [2.45, 2.75) is 59.1 Å². The Morgan fingerprint density at radius 2 is 1.80 bits per heavy atom. The smallest absolute Gasteiger partial charge is 0.421 e. The van der Waals surface area contributed by atoms with Gasteiger partial charge in [0, 0.05) is 4.70 Å². The molecule has 0 aliphatic heterocycles. The van der Waals surface area contributed by atoms with Crippen LogP contribution in [-0.2, 0) is 15.7 Å². The average molecular weight is 445 g/mol. The number of fused-ring (bicyclic) bond motifs is 1. The van der Waals surface area contributed by atoms with Gasteiger partial charge < -0.3 is 9.47 Å². The number of rotatable bonds is 10. The van der Waals surface area contributed by atoms with Crippen LogP contribution in [0.2, 0.25) is 0 Å². The summed E-state index contributed by atoms with van der Waals surface area (Å²) in [7, 11) is 0. The van der Waals surface area contributed by atoms with E-state index in [-0.39, 0.29) is 17.5 Å². The number of ether oxygens (including phenoxy) is 2. The highest BCUT2D eigenvalue weighted by molar-refractivity contribution is 7.16. The van der Waals surface area contributed by atoms with Gasteiger partial charge in [0.15, 0.2) is 0 Å². The molecule has 0 aliphatic carbocycles. The molecule has 1 aromatic heterocycles. The van der Waals surface area contributed by atoms with E-state index in [1.807, 2.05) is 13.8 Å². The Labute approximate surface area is 178 Å². The number of halogens is 3. The molecule has 1 heterocycles. The molecule has 4 nitrogen and oxygen atoms in total. The lowest BCUT2D eigenvalue weighted by Crippen LogP contribution is -2.18. The molecular formula is C22H27F3O4S. The van der Waals surface area contributed by atoms with Crippen LogP contribution in [0.4, 0.5) is 13.2 Å². The van der Waals surface area contributed by atoms with Crippen molar-refractivity contribution in [2.75, 3.05) is 13.2 Å². The zero-order valence-electron chi connectivity index (χ0n) is 17.4. The second kappa shape index (κ2) is 10.8. The number of carbonyl (C=O) groups is 1. The molecule has 0 spiro atoms. The molecule has 1 atom stereocenters. The number of aryl methyl sites for hydroxylation is 1. The molecule has 0 N–H and O–H groups in total. The summed E-state index contributed by atoms with van der Waals surface area (Å²) in [6, 6.07) is 4.85. The SMILES string of the molecule is CCC(C)C(=O)OCCCCCCOc1ccc2sc(=O)c(C(F)(F)F)c(C)c2c1. The molecule has 2 aromatic rings. The second-order valence-electron chi connectivity index (χ2n) is 7.28. The highest BCUT2D eigenvalue weighted by Crippen LogP contribution is 2.35. The van der Waals surface area contributed by atoms with E-state index in [0.29, 0.717) is 40.4 Å². The number of unbranched alkanes of at least 4 members (excludes halogenated alkanes) is 3. The van der Waals surface area contributed by atoms with Crippen LogP contribution < -0.4 is 9.48 Å². The van der Waals surface area contributed by atoms with Crippen LogP contribution in [0.1, 0.15) is 57.1 Å². The quantitative estimate of drug-likeness (QED) is 0.327. The standard InChI is InChI=1S/C22H27F3O4S/c1-4-14(2)20(26)29-12-8-6-5-7-11-28-16-9-10-18-17(13-16)15(3)19(21(27)30-18)22(23,24)25/h9-10,13-14H,4-8,11-12H2,1-3H3. The Morgan fingerprint density at radius 3 is 2.43 bits per heavy atom. The van der Waals surface area contributed by atoms with Gasteiger partial charge in [0.1, 0.15) is 11.3 Å². The minimum absolute atomic E-state index is 0.0707. The first kappa shape index (κ1) is 24.2. The van der Waals surface area contributed by atoms with Crippen LogP contribution in [0.25, 0.3) is 10.1 Å². The summed E-state index contributed by atoms with van der Waals surface area (Å²) in [4.78, 5) is 23.4. The predicted octanol–water partition coefficient (Wildman–Crippen LogP) is 6.12. The van der Waals surface area contributed by atoms with E-state index in [9.17, 15) is 22.8 Å². The molecule has 0 saturated heterocycles. The third kappa shape index (κ3) is 6.45. The first-order valence-electron chi connectivity index (χ1n) is 10.1. The van der Waals surface area contributed by atoms with Gasteiger partial charge in [-0.2, -0.15) is 13.2 Å². The van der Waals surface area contributed by atoms with Crippen molar-refractivity contribution in [3.05, 3.63) is 38.9 Å². The van der Waals surface area contributed by atoms with Gasteiger partial charge in [-0.05, 0) is 68.2 Å². The molecular weight excluding hydrogens is 417 g/mol. The van der Waals surface area contributed by atoms with E-state index >= 15 is 0 Å². The van der Waals surface area contributed by atoms with Crippen LogP contribution >= 0.6 is 11.3 Å². The highest BCUT2D eigenvalue weighted by Gasteiger charge is 2.36. The molecule has 166 valence electrons. The Kier molecular flexibility index (Phi) is 8.70. The molecule has 0 fully saturated rings. The summed E-state index contributed by atoms with van der Waals surface area (Å²) in [6.07, 6.45) is -0.542. The third-order valence-corrected chi connectivity index (χ3v) is 5.95. The Balaban J connectivity index is 1.83. The number of alkyl halides is 3. The lowest BCUT2D eigenvalue weighted by atomic mass is 10.1. The van der Waals surface area contributed by atoms with Crippen LogP contribution in [0, 0.1) is 12.8 Å². The Hall–Kier alpha value is -2.09. The van der Waals surface area contributed by atoms with Crippen molar-refractivity contribution in [3.8, 4) is 5.75 Å². The normalized spacial score (nSPS) is 12.7. The van der Waals surface area contributed by atoms with Crippen LogP contribution in [-0.4, -0.2) is 19.2 Å². The lowest BCUT2D eigenvalue weighted by molar-refractivity contribution is -0.148. The fourth-order valence-corrected chi connectivity index (χ4v) is 4.01. The van der Waals surface area contributed by atoms with Gasteiger partial charge in [-0.25, -0.2) is 0 Å². The first-order valence-corrected chi connectivity index (χ1v) is 10.9. The number of benzene rings is 1. The molecule has 1 unspecified atom stereocenters. The highest BCUT2D eigenvalue weighted by atomic mass is 32.1. The van der Waals surface area contributed by atoms with E-state index in [2.05, 4.69) is 0 Å². The molecule has 30 heavy (non-hydrogen) atoms. The summed E-state index contributed by atoms with van der Waals surface area (Å²) < 4.78 is 49.9. The fraction of sp³-hybridized carbons (Fsp3) is 0.545. The van der Waals surface area contributed by atoms with Crippen molar-refractivity contribution >= 4 is 27.4 Å². The predicted molar refractivity (Wildman–Crippen MR) is 112 cm³/mol. The monoisotopic (exact) mass is 444 g/mol. The molecule has 0 saturated carbocycles. The maximum Gasteiger partial charge on any atom is 0.421 e. The van der Waals surface area contributed by atoms with Gasteiger partial charge in [-0.15, -0.1) is 0 Å². The van der Waals surface area contributed by atoms with Crippen LogP contribution in [0.15, 0.2) is 23.0 Å². The maximum absolute atomic E-state index is 13.2. The minimum atomic E-state index is -4.67. The summed E-state index contributed by atoms with van der Waals surface area (Å²) >= 11 is 0.596. The van der Waals surface area contributed by atoms with Crippen molar-refractivity contribution in [1.29, 1.82) is 0 Å². The zero-order valence-corrected chi connectivity index (χ0v) is 18.3. The average Bonchev–Trinajstić information content (AvgIpc) is 2.68. The Morgan fingerprint density at radius 1 is 1.13 bits per heavy atom. The van der Waals surface area contributed by atoms with E-state index < -0.39 is 16.5 Å². The zero-order chi connectivity index (χ0) is 22.3. The Bertz CT molecular complexity index is 921. The van der Waals surface area contributed by atoms with Gasteiger partial charge in [-0.1, -0.05) is 25.2 Å². The van der Waals surface area contributed by atoms with Gasteiger partial charge >= 0.3 is 12.1 Å². The van der Waals surface area contributed by atoms with E-state index in [4.69, 9.17) is 9.47 Å². The van der Waals surface area contributed by atoms with Gasteiger partial charge in [0.2, 0.25) is 4.74 Å². The lowest BCUT2D eigenvalue weighted by Gasteiger charge is -2.12.